The Hall–Kier alpha value is -7.22. The second-order valence-corrected chi connectivity index (χ2v) is 16.4. The molecular formula is C57H38O. The highest BCUT2D eigenvalue weighted by atomic mass is 16.3. The lowest BCUT2D eigenvalue weighted by atomic mass is 9.78. The molecule has 0 saturated heterocycles. The second kappa shape index (κ2) is 12.4. The molecule has 0 bridgehead atoms. The summed E-state index contributed by atoms with van der Waals surface area (Å²) in [5, 5.41) is 9.90. The topological polar surface area (TPSA) is 13.1 Å². The van der Waals surface area contributed by atoms with Crippen molar-refractivity contribution >= 4 is 54.3 Å². The van der Waals surface area contributed by atoms with Crippen molar-refractivity contribution < 1.29 is 4.42 Å². The summed E-state index contributed by atoms with van der Waals surface area (Å²) in [4.78, 5) is 0. The van der Waals surface area contributed by atoms with Crippen LogP contribution in [0.4, 0.5) is 0 Å². The molecule has 1 aliphatic carbocycles. The average Bonchev–Trinajstić information content (AvgIpc) is 3.76. The Morgan fingerprint density at radius 1 is 0.328 bits per heavy atom. The molecule has 12 rings (SSSR count). The van der Waals surface area contributed by atoms with Crippen LogP contribution in [0.25, 0.3) is 110 Å². The van der Waals surface area contributed by atoms with Gasteiger partial charge in [0.2, 0.25) is 0 Å². The van der Waals surface area contributed by atoms with E-state index < -0.39 is 0 Å². The Balaban J connectivity index is 0.992. The number of rotatable bonds is 4. The quantitative estimate of drug-likeness (QED) is 0.164. The summed E-state index contributed by atoms with van der Waals surface area (Å²) in [7, 11) is 0. The first-order valence-electron chi connectivity index (χ1n) is 20.2. The first kappa shape index (κ1) is 33.0. The van der Waals surface area contributed by atoms with Gasteiger partial charge in [-0.05, 0) is 135 Å². The molecular weight excluding hydrogens is 701 g/mol. The SMILES string of the molecule is CC1(C)c2cc3ccccc3cc2-c2cccc(-c3cccc(-c4c5ccccc5c(-c5ccc(-c6ccc7oc8ccccc8c7c6)cc5)c5ccccc45)c3)c21. The Bertz CT molecular complexity index is 3410. The minimum Gasteiger partial charge on any atom is -0.456 e. The highest BCUT2D eigenvalue weighted by Crippen LogP contribution is 2.53. The molecule has 11 aromatic rings. The summed E-state index contributed by atoms with van der Waals surface area (Å²) < 4.78 is 6.12. The van der Waals surface area contributed by atoms with Crippen molar-refractivity contribution in [3.05, 3.63) is 205 Å². The molecule has 0 unspecified atom stereocenters. The van der Waals surface area contributed by atoms with E-state index in [9.17, 15) is 0 Å². The fraction of sp³-hybridized carbons (Fsp3) is 0.0526. The number of furan rings is 1. The predicted molar refractivity (Wildman–Crippen MR) is 246 cm³/mol. The van der Waals surface area contributed by atoms with Crippen LogP contribution in [0.5, 0.6) is 0 Å². The zero-order valence-electron chi connectivity index (χ0n) is 32.4. The number of fused-ring (bicyclic) bond motifs is 9. The van der Waals surface area contributed by atoms with E-state index in [1.54, 1.807) is 0 Å². The normalized spacial score (nSPS) is 13.1. The van der Waals surface area contributed by atoms with E-state index in [1.165, 1.54) is 99.1 Å². The summed E-state index contributed by atoms with van der Waals surface area (Å²) in [6, 6.07) is 71.5. The minimum absolute atomic E-state index is 0.141. The standard InChI is InChI=1S/C57H38O/c1-57(2)51-34-38-14-4-3-13-37(38)32-49(51)48-23-12-22-42(56(48)57)40-15-11-16-41(31-40)55-46-20-7-5-18-44(46)54(45-19-6-8-21-47(45)55)36-27-25-35(26-28-36)39-29-30-53-50(33-39)43-17-9-10-24-52(43)58-53/h3-34H,1-2H3. The molecule has 0 atom stereocenters. The van der Waals surface area contributed by atoms with Gasteiger partial charge >= 0.3 is 0 Å². The van der Waals surface area contributed by atoms with Gasteiger partial charge in [-0.1, -0.05) is 172 Å². The van der Waals surface area contributed by atoms with E-state index in [1.807, 2.05) is 12.1 Å². The third kappa shape index (κ3) is 4.83. The van der Waals surface area contributed by atoms with E-state index in [0.29, 0.717) is 0 Å². The zero-order valence-corrected chi connectivity index (χ0v) is 32.4. The van der Waals surface area contributed by atoms with Crippen molar-refractivity contribution in [2.45, 2.75) is 19.3 Å². The van der Waals surface area contributed by atoms with Gasteiger partial charge in [0.15, 0.2) is 0 Å². The Labute approximate surface area is 337 Å². The van der Waals surface area contributed by atoms with Crippen molar-refractivity contribution in [2.24, 2.45) is 0 Å². The van der Waals surface area contributed by atoms with Gasteiger partial charge in [0.25, 0.3) is 0 Å². The van der Waals surface area contributed by atoms with Gasteiger partial charge in [-0.25, -0.2) is 0 Å². The predicted octanol–water partition coefficient (Wildman–Crippen LogP) is 16.0. The van der Waals surface area contributed by atoms with Crippen LogP contribution in [0.2, 0.25) is 0 Å². The van der Waals surface area contributed by atoms with E-state index in [4.69, 9.17) is 4.42 Å². The zero-order chi connectivity index (χ0) is 38.5. The molecule has 0 aliphatic heterocycles. The number of para-hydroxylation sites is 1. The first-order valence-corrected chi connectivity index (χ1v) is 20.2. The summed E-state index contributed by atoms with van der Waals surface area (Å²) in [6.07, 6.45) is 0. The van der Waals surface area contributed by atoms with Gasteiger partial charge in [-0.2, -0.15) is 0 Å². The van der Waals surface area contributed by atoms with Crippen LogP contribution >= 0.6 is 0 Å². The lowest BCUT2D eigenvalue weighted by molar-refractivity contribution is 0.663. The summed E-state index contributed by atoms with van der Waals surface area (Å²) >= 11 is 0. The fourth-order valence-corrected chi connectivity index (χ4v) is 10.1. The van der Waals surface area contributed by atoms with E-state index in [2.05, 4.69) is 196 Å². The maximum Gasteiger partial charge on any atom is 0.135 e. The van der Waals surface area contributed by atoms with Gasteiger partial charge in [0, 0.05) is 16.2 Å². The maximum atomic E-state index is 6.12. The van der Waals surface area contributed by atoms with E-state index in [-0.39, 0.29) is 5.41 Å². The number of hydrogen-bond donors (Lipinski definition) is 0. The molecule has 1 heterocycles. The van der Waals surface area contributed by atoms with Crippen LogP contribution in [-0.2, 0) is 5.41 Å². The Morgan fingerprint density at radius 2 is 0.862 bits per heavy atom. The van der Waals surface area contributed by atoms with Crippen LogP contribution in [0.3, 0.4) is 0 Å². The van der Waals surface area contributed by atoms with E-state index >= 15 is 0 Å². The molecule has 272 valence electrons. The largest absolute Gasteiger partial charge is 0.456 e. The molecule has 10 aromatic carbocycles. The van der Waals surface area contributed by atoms with Crippen molar-refractivity contribution in [1.29, 1.82) is 0 Å². The monoisotopic (exact) mass is 738 g/mol. The fourth-order valence-electron chi connectivity index (χ4n) is 10.1. The van der Waals surface area contributed by atoms with Crippen LogP contribution < -0.4 is 0 Å². The van der Waals surface area contributed by atoms with Gasteiger partial charge < -0.3 is 4.42 Å². The molecule has 0 spiro atoms. The van der Waals surface area contributed by atoms with Crippen molar-refractivity contribution in [2.75, 3.05) is 0 Å². The first-order chi connectivity index (χ1) is 28.5. The second-order valence-electron chi connectivity index (χ2n) is 16.4. The molecule has 0 saturated carbocycles. The lowest BCUT2D eigenvalue weighted by Crippen LogP contribution is -2.16. The number of benzene rings is 10. The lowest BCUT2D eigenvalue weighted by Gasteiger charge is -2.25. The Morgan fingerprint density at radius 3 is 1.59 bits per heavy atom. The van der Waals surface area contributed by atoms with Gasteiger partial charge in [0.1, 0.15) is 11.2 Å². The molecule has 0 amide bonds. The van der Waals surface area contributed by atoms with Crippen molar-refractivity contribution in [1.82, 2.24) is 0 Å². The summed E-state index contributed by atoms with van der Waals surface area (Å²) in [6.45, 7) is 4.79. The van der Waals surface area contributed by atoms with Crippen molar-refractivity contribution in [3.63, 3.8) is 0 Å². The summed E-state index contributed by atoms with van der Waals surface area (Å²) in [5.41, 5.74) is 17.1. The van der Waals surface area contributed by atoms with Crippen LogP contribution in [0.15, 0.2) is 199 Å². The van der Waals surface area contributed by atoms with Gasteiger partial charge in [0.05, 0.1) is 0 Å². The van der Waals surface area contributed by atoms with Gasteiger partial charge in [-0.15, -0.1) is 0 Å². The third-order valence-corrected chi connectivity index (χ3v) is 12.8. The van der Waals surface area contributed by atoms with Crippen LogP contribution in [0, 0.1) is 0 Å². The molecule has 1 aromatic heterocycles. The van der Waals surface area contributed by atoms with Crippen LogP contribution in [-0.4, -0.2) is 0 Å². The number of hydrogen-bond acceptors (Lipinski definition) is 1. The minimum atomic E-state index is -0.141. The average molecular weight is 739 g/mol. The molecule has 1 aliphatic rings. The Kier molecular flexibility index (Phi) is 7.04. The smallest absolute Gasteiger partial charge is 0.135 e. The van der Waals surface area contributed by atoms with Crippen LogP contribution in [0.1, 0.15) is 25.0 Å². The van der Waals surface area contributed by atoms with E-state index in [0.717, 1.165) is 21.9 Å². The third-order valence-electron chi connectivity index (χ3n) is 12.8. The molecule has 0 fully saturated rings. The molecule has 58 heavy (non-hydrogen) atoms. The molecule has 1 nitrogen and oxygen atoms in total. The van der Waals surface area contributed by atoms with Gasteiger partial charge in [-0.3, -0.25) is 0 Å². The molecule has 1 heteroatoms. The highest BCUT2D eigenvalue weighted by molar-refractivity contribution is 6.21. The maximum absolute atomic E-state index is 6.12. The summed E-state index contributed by atoms with van der Waals surface area (Å²) in [5.74, 6) is 0. The highest BCUT2D eigenvalue weighted by Gasteiger charge is 2.38. The molecule has 0 N–H and O–H groups in total. The molecule has 0 radical (unpaired) electrons. The van der Waals surface area contributed by atoms with Crippen molar-refractivity contribution in [3.8, 4) is 55.6 Å².